The molecule has 0 saturated heterocycles. The van der Waals surface area contributed by atoms with E-state index in [4.69, 9.17) is 46.1 Å². The van der Waals surface area contributed by atoms with Gasteiger partial charge in [0.2, 0.25) is 29.5 Å². The number of hydrogen-bond donors (Lipinski definition) is 13. The van der Waals surface area contributed by atoms with Gasteiger partial charge in [-0.1, -0.05) is 117 Å². The van der Waals surface area contributed by atoms with Gasteiger partial charge in [-0.25, -0.2) is 4.79 Å². The minimum absolute atomic E-state index is 0.00354. The number of unbranched alkanes of at least 4 members (excludes halogenated alkanes) is 13. The Morgan fingerprint density at radius 3 is 1.62 bits per heavy atom. The number of nitrogens with two attached hydrogens (primary N) is 3. The van der Waals surface area contributed by atoms with Gasteiger partial charge in [0.05, 0.1) is 51.4 Å². The van der Waals surface area contributed by atoms with Crippen LogP contribution in [-0.2, 0) is 73.8 Å². The third kappa shape index (κ3) is 44.0. The van der Waals surface area contributed by atoms with Crippen LogP contribution in [0.25, 0.3) is 0 Å². The lowest BCUT2D eigenvalue weighted by atomic mass is 9.77. The lowest BCUT2D eigenvalue weighted by Crippen LogP contribution is -2.50. The number of carbonyl (C=O) groups excluding carboxylic acids is 7. The van der Waals surface area contributed by atoms with Gasteiger partial charge >= 0.3 is 5.97 Å². The summed E-state index contributed by atoms with van der Waals surface area (Å²) < 4.78 is 52.0. The predicted octanol–water partition coefficient (Wildman–Crippen LogP) is 3.82. The van der Waals surface area contributed by atoms with Gasteiger partial charge in [0.1, 0.15) is 36.8 Å². The molecule has 28 heteroatoms. The Hall–Kier alpha value is -6.30. The highest BCUT2D eigenvalue weighted by molar-refractivity contribution is 7.85. The summed E-state index contributed by atoms with van der Waals surface area (Å²) in [6.07, 6.45) is 15.7. The highest BCUT2D eigenvalue weighted by atomic mass is 32.2. The summed E-state index contributed by atoms with van der Waals surface area (Å²) in [6, 6.07) is 3.20. The Kier molecular flexibility index (Phi) is 45.7. The second kappa shape index (κ2) is 50.3. The molecule has 0 saturated carbocycles. The molecule has 0 aliphatic heterocycles. The van der Waals surface area contributed by atoms with Crippen molar-refractivity contribution >= 4 is 63.1 Å². The van der Waals surface area contributed by atoms with Gasteiger partial charge in [-0.3, -0.25) is 43.5 Å². The number of ketones is 2. The number of phenols is 1. The maximum Gasteiger partial charge on any atom is 0.326 e. The lowest BCUT2D eigenvalue weighted by Gasteiger charge is -2.28. The van der Waals surface area contributed by atoms with E-state index in [2.05, 4.69) is 38.5 Å². The second-order valence-electron chi connectivity index (χ2n) is 23.4. The molecule has 0 aliphatic carbocycles. The summed E-state index contributed by atoms with van der Waals surface area (Å²) in [5.74, 6) is -7.37. The number of carboxylic acids is 1. The third-order valence-electron chi connectivity index (χ3n) is 15.2. The molecule has 1 aromatic rings. The molecule has 0 bridgehead atoms. The Bertz CT molecular complexity index is 2420. The number of phenolic OH excluding ortho intramolecular Hbond substituents is 1. The van der Waals surface area contributed by atoms with E-state index in [1.807, 2.05) is 0 Å². The van der Waals surface area contributed by atoms with E-state index in [9.17, 15) is 57.0 Å². The number of nitrogens with one attached hydrogen (secondary N) is 7. The number of allylic oxidation sites excluding steroid dienone is 1. The largest absolute Gasteiger partial charge is 0.508 e. The second-order valence-corrected chi connectivity index (χ2v) is 25.0. The van der Waals surface area contributed by atoms with E-state index in [0.29, 0.717) is 43.4 Å². The molecule has 0 aliphatic rings. The van der Waals surface area contributed by atoms with Crippen molar-refractivity contribution < 1.29 is 80.5 Å². The van der Waals surface area contributed by atoms with E-state index in [-0.39, 0.29) is 170 Å². The summed E-state index contributed by atoms with van der Waals surface area (Å²) in [5.41, 5.74) is 18.6. The minimum atomic E-state index is -3.85. The first-order valence-electron chi connectivity index (χ1n) is 32.3. The molecule has 91 heavy (non-hydrogen) atoms. The van der Waals surface area contributed by atoms with Gasteiger partial charge in [-0.05, 0) is 75.0 Å². The summed E-state index contributed by atoms with van der Waals surface area (Å²) in [5, 5.41) is 43.4. The average Bonchev–Trinajstić information content (AvgIpc) is 1.45. The first-order chi connectivity index (χ1) is 43.3. The van der Waals surface area contributed by atoms with E-state index in [1.54, 1.807) is 32.9 Å². The van der Waals surface area contributed by atoms with Crippen LogP contribution in [0.2, 0.25) is 0 Å². The van der Waals surface area contributed by atoms with Crippen LogP contribution in [0.4, 0.5) is 0 Å². The Labute approximate surface area is 539 Å². The van der Waals surface area contributed by atoms with E-state index in [0.717, 1.165) is 51.4 Å². The fourth-order valence-corrected chi connectivity index (χ4v) is 10.4. The molecule has 0 aromatic heterocycles. The molecule has 5 amide bonds. The van der Waals surface area contributed by atoms with E-state index in [1.165, 1.54) is 37.8 Å². The van der Waals surface area contributed by atoms with Crippen molar-refractivity contribution in [1.82, 2.24) is 31.9 Å². The van der Waals surface area contributed by atoms with Crippen molar-refractivity contribution in [2.45, 2.75) is 187 Å². The topological polar surface area (TPSA) is 442 Å². The number of benzene rings is 1. The van der Waals surface area contributed by atoms with Gasteiger partial charge in [0.25, 0.3) is 10.1 Å². The van der Waals surface area contributed by atoms with Gasteiger partial charge in [-0.2, -0.15) is 8.42 Å². The molecule has 0 spiro atoms. The zero-order valence-electron chi connectivity index (χ0n) is 54.2. The van der Waals surface area contributed by atoms with Crippen LogP contribution in [0.15, 0.2) is 36.5 Å². The molecular weight excluding hydrogens is 1200 g/mol. The highest BCUT2D eigenvalue weighted by Crippen LogP contribution is 2.28. The van der Waals surface area contributed by atoms with Crippen LogP contribution in [0.5, 0.6) is 5.75 Å². The van der Waals surface area contributed by atoms with Crippen molar-refractivity contribution in [3.05, 3.63) is 42.1 Å². The van der Waals surface area contributed by atoms with Crippen LogP contribution in [0.1, 0.15) is 168 Å². The third-order valence-corrected chi connectivity index (χ3v) is 16.0. The number of carbonyl (C=O) groups is 8. The number of hydrogen-bond acceptors (Lipinski definition) is 18. The van der Waals surface area contributed by atoms with Crippen LogP contribution in [0, 0.1) is 29.1 Å². The molecule has 1 unspecified atom stereocenters. The number of Topliss-reactive ketones (excluding diaryl/α,β-unsaturated/α-hetero) is 2. The number of aliphatic carboxylic acids is 1. The van der Waals surface area contributed by atoms with Crippen molar-refractivity contribution in [3.8, 4) is 5.75 Å². The fraction of sp³-hybridized carbons (Fsp3) is 0.730. The fourth-order valence-electron chi connectivity index (χ4n) is 9.84. The lowest BCUT2D eigenvalue weighted by molar-refractivity contribution is -0.139. The quantitative estimate of drug-likeness (QED) is 0.0191. The number of ether oxygens (including phenoxy) is 4. The van der Waals surface area contributed by atoms with Crippen molar-refractivity contribution in [2.24, 2.45) is 40.9 Å². The summed E-state index contributed by atoms with van der Waals surface area (Å²) in [6.45, 7) is 10.6. The molecule has 520 valence electrons. The first kappa shape index (κ1) is 82.7. The van der Waals surface area contributed by atoms with Crippen LogP contribution in [-0.4, -0.2) is 179 Å². The predicted molar refractivity (Wildman–Crippen MR) is 346 cm³/mol. The number of amides is 5. The Balaban J connectivity index is 2.29. The van der Waals surface area contributed by atoms with Crippen molar-refractivity contribution in [3.63, 3.8) is 0 Å². The SMILES string of the molecule is C=C(CCCCCCCCCCCCCCCS(=O)(=O)O)N[C@@H](CCC(=O)NCCOCCOCC(=O)NCCOCCOCC(=O)NCCCC[C@H](CC(=O)[C@@H](N)C(C)C)C(=O)C(C)[C@@H](CCCNC(=N)N)C(=O)N[C@@H](Cc1ccc(O)cc1)C(N)=O)C(=O)O. The maximum absolute atomic E-state index is 14.3. The monoisotopic (exact) mass is 1310 g/mol. The standard InChI is InChI=1S/C63H110N10O17S/c1-45(2)58(64)54(75)42-49(59(79)47(4)51(23-20-31-71-63(66)67)61(81)73-53(60(65)80)41-48-24-26-50(74)27-25-48)22-17-18-30-68-56(77)43-89-38-37-88-35-33-70-57(78)44-90-39-36-87-34-32-69-55(76)29-28-52(62(82)83)72-46(3)21-16-14-12-10-8-6-5-7-9-11-13-15-19-40-91(84,85)86/h24-27,45,47,49,51-53,58,72,74H,3,5-23,28-44,64H2,1-2,4H3,(H2,65,80)(H,68,77)(H,69,76)(H,70,78)(H,73,81)(H,82,83)(H4,66,67,71)(H,84,85,86)/t47?,49-,51-,52+,53+,58+/m1/s1. The number of carboxylic acid groups (broad SMARTS) is 1. The molecular formula is C63H110N10O17S. The summed E-state index contributed by atoms with van der Waals surface area (Å²) in [7, 11) is -3.85. The van der Waals surface area contributed by atoms with Crippen LogP contribution in [0.3, 0.4) is 0 Å². The normalized spacial score (nSPS) is 13.4. The molecule has 16 N–H and O–H groups in total. The highest BCUT2D eigenvalue weighted by Gasteiger charge is 2.36. The zero-order chi connectivity index (χ0) is 67.8. The van der Waals surface area contributed by atoms with Crippen LogP contribution >= 0.6 is 0 Å². The maximum atomic E-state index is 14.3. The number of primary amides is 1. The molecule has 6 atom stereocenters. The average molecular weight is 1310 g/mol. The van der Waals surface area contributed by atoms with Crippen LogP contribution < -0.4 is 49.1 Å². The van der Waals surface area contributed by atoms with Crippen molar-refractivity contribution in [2.75, 3.05) is 84.8 Å². The van der Waals surface area contributed by atoms with E-state index < -0.39 is 63.8 Å². The summed E-state index contributed by atoms with van der Waals surface area (Å²) in [4.78, 5) is 103. The van der Waals surface area contributed by atoms with Gasteiger partial charge in [0.15, 0.2) is 11.7 Å². The van der Waals surface area contributed by atoms with Gasteiger partial charge < -0.3 is 78.3 Å². The molecule has 0 radical (unpaired) electrons. The molecule has 27 nitrogen and oxygen atoms in total. The smallest absolute Gasteiger partial charge is 0.326 e. The van der Waals surface area contributed by atoms with E-state index >= 15 is 0 Å². The Morgan fingerprint density at radius 2 is 1.10 bits per heavy atom. The first-order valence-corrected chi connectivity index (χ1v) is 33.9. The van der Waals surface area contributed by atoms with Crippen molar-refractivity contribution in [1.29, 1.82) is 5.41 Å². The molecule has 1 aromatic carbocycles. The molecule has 0 heterocycles. The number of aromatic hydroxyl groups is 1. The molecule has 0 fully saturated rings. The van der Waals surface area contributed by atoms with Gasteiger partial charge in [0, 0.05) is 68.9 Å². The minimum Gasteiger partial charge on any atom is -0.508 e. The summed E-state index contributed by atoms with van der Waals surface area (Å²) >= 11 is 0. The Morgan fingerprint density at radius 1 is 0.593 bits per heavy atom. The number of rotatable bonds is 59. The van der Waals surface area contributed by atoms with Gasteiger partial charge in [-0.15, -0.1) is 0 Å². The zero-order valence-corrected chi connectivity index (χ0v) is 55.0. The molecule has 1 rings (SSSR count). The number of guanidine groups is 1.